The number of carbonyl (C=O) groups excluding carboxylic acids is 1. The Hall–Kier alpha value is -1.36. The largest absolute Gasteiger partial charge is 0.341 e. The van der Waals surface area contributed by atoms with Gasteiger partial charge in [0.25, 0.3) is 0 Å². The van der Waals surface area contributed by atoms with E-state index in [1.165, 1.54) is 0 Å². The standard InChI is InChI=1S/C12H22N4O/c1-4-15(10-12(2,3)9-13)11(17)8-16-7-5-6-14-16/h5-7H,4,8-10,13H2,1-3H3. The average Bonchev–Trinajstić information content (AvgIpc) is 2.78. The van der Waals surface area contributed by atoms with E-state index in [-0.39, 0.29) is 11.3 Å². The molecule has 0 radical (unpaired) electrons. The summed E-state index contributed by atoms with van der Waals surface area (Å²) in [7, 11) is 0. The summed E-state index contributed by atoms with van der Waals surface area (Å²) < 4.78 is 1.64. The van der Waals surface area contributed by atoms with Crippen molar-refractivity contribution in [2.45, 2.75) is 27.3 Å². The first kappa shape index (κ1) is 13.7. The van der Waals surface area contributed by atoms with Crippen LogP contribution in [0.25, 0.3) is 0 Å². The van der Waals surface area contributed by atoms with Crippen molar-refractivity contribution in [1.82, 2.24) is 14.7 Å². The molecule has 2 N–H and O–H groups in total. The van der Waals surface area contributed by atoms with Crippen molar-refractivity contribution < 1.29 is 4.79 Å². The summed E-state index contributed by atoms with van der Waals surface area (Å²) in [6, 6.07) is 1.81. The predicted molar refractivity (Wildman–Crippen MR) is 67.3 cm³/mol. The van der Waals surface area contributed by atoms with E-state index < -0.39 is 0 Å². The molecular formula is C12H22N4O. The fourth-order valence-corrected chi connectivity index (χ4v) is 1.59. The number of amides is 1. The van der Waals surface area contributed by atoms with Crippen molar-refractivity contribution in [2.75, 3.05) is 19.6 Å². The van der Waals surface area contributed by atoms with Gasteiger partial charge in [0.1, 0.15) is 6.54 Å². The molecule has 5 heteroatoms. The van der Waals surface area contributed by atoms with Crippen LogP contribution in [-0.4, -0.2) is 40.2 Å². The van der Waals surface area contributed by atoms with Gasteiger partial charge in [0.15, 0.2) is 0 Å². The number of likely N-dealkylation sites (N-methyl/N-ethyl adjacent to an activating group) is 1. The van der Waals surface area contributed by atoms with Crippen LogP contribution >= 0.6 is 0 Å². The van der Waals surface area contributed by atoms with Gasteiger partial charge in [-0.05, 0) is 24.9 Å². The van der Waals surface area contributed by atoms with Crippen LogP contribution in [0, 0.1) is 5.41 Å². The summed E-state index contributed by atoms with van der Waals surface area (Å²) in [4.78, 5) is 13.9. The summed E-state index contributed by atoms with van der Waals surface area (Å²) >= 11 is 0. The fraction of sp³-hybridized carbons (Fsp3) is 0.667. The summed E-state index contributed by atoms with van der Waals surface area (Å²) in [6.45, 7) is 8.35. The third-order valence-corrected chi connectivity index (χ3v) is 2.76. The molecule has 0 aliphatic rings. The first-order valence-electron chi connectivity index (χ1n) is 5.94. The van der Waals surface area contributed by atoms with Crippen LogP contribution in [0.1, 0.15) is 20.8 Å². The SMILES string of the molecule is CCN(CC(C)(C)CN)C(=O)Cn1cccn1. The maximum absolute atomic E-state index is 12.1. The minimum absolute atomic E-state index is 0.0458. The van der Waals surface area contributed by atoms with Crippen molar-refractivity contribution in [3.8, 4) is 0 Å². The highest BCUT2D eigenvalue weighted by Crippen LogP contribution is 2.15. The van der Waals surface area contributed by atoms with Gasteiger partial charge < -0.3 is 10.6 Å². The van der Waals surface area contributed by atoms with Gasteiger partial charge in [0.2, 0.25) is 5.91 Å². The highest BCUT2D eigenvalue weighted by molar-refractivity contribution is 5.75. The molecule has 0 atom stereocenters. The van der Waals surface area contributed by atoms with Crippen LogP contribution < -0.4 is 5.73 Å². The molecule has 0 fully saturated rings. The molecular weight excluding hydrogens is 216 g/mol. The van der Waals surface area contributed by atoms with Gasteiger partial charge in [0.05, 0.1) is 0 Å². The quantitative estimate of drug-likeness (QED) is 0.794. The molecule has 96 valence electrons. The van der Waals surface area contributed by atoms with Crippen molar-refractivity contribution in [3.63, 3.8) is 0 Å². The van der Waals surface area contributed by atoms with Gasteiger partial charge >= 0.3 is 0 Å². The Labute approximate surface area is 103 Å². The molecule has 1 aromatic rings. The minimum Gasteiger partial charge on any atom is -0.341 e. The van der Waals surface area contributed by atoms with Crippen molar-refractivity contribution in [1.29, 1.82) is 0 Å². The second kappa shape index (κ2) is 5.82. The zero-order valence-corrected chi connectivity index (χ0v) is 10.9. The number of hydrogen-bond acceptors (Lipinski definition) is 3. The minimum atomic E-state index is -0.0458. The van der Waals surface area contributed by atoms with Crippen LogP contribution in [0.3, 0.4) is 0 Å². The third-order valence-electron chi connectivity index (χ3n) is 2.76. The lowest BCUT2D eigenvalue weighted by Gasteiger charge is -2.31. The van der Waals surface area contributed by atoms with Crippen molar-refractivity contribution >= 4 is 5.91 Å². The lowest BCUT2D eigenvalue weighted by Crippen LogP contribution is -2.43. The maximum Gasteiger partial charge on any atom is 0.244 e. The molecule has 1 rings (SSSR count). The van der Waals surface area contributed by atoms with Crippen LogP contribution in [0.4, 0.5) is 0 Å². The van der Waals surface area contributed by atoms with E-state index in [4.69, 9.17) is 5.73 Å². The molecule has 1 heterocycles. The van der Waals surface area contributed by atoms with Gasteiger partial charge in [-0.2, -0.15) is 5.10 Å². The first-order valence-corrected chi connectivity index (χ1v) is 5.94. The van der Waals surface area contributed by atoms with Crippen LogP contribution in [0.2, 0.25) is 0 Å². The summed E-state index contributed by atoms with van der Waals surface area (Å²) in [5.41, 5.74) is 5.64. The van der Waals surface area contributed by atoms with E-state index in [0.29, 0.717) is 26.2 Å². The van der Waals surface area contributed by atoms with E-state index in [1.54, 1.807) is 17.1 Å². The zero-order valence-electron chi connectivity index (χ0n) is 10.9. The lowest BCUT2D eigenvalue weighted by molar-refractivity contribution is -0.133. The van der Waals surface area contributed by atoms with Gasteiger partial charge in [0, 0.05) is 25.5 Å². The molecule has 0 aromatic carbocycles. The highest BCUT2D eigenvalue weighted by atomic mass is 16.2. The van der Waals surface area contributed by atoms with Crippen molar-refractivity contribution in [3.05, 3.63) is 18.5 Å². The molecule has 17 heavy (non-hydrogen) atoms. The summed E-state index contributed by atoms with van der Waals surface area (Å²) in [5.74, 6) is 0.0812. The second-order valence-corrected chi connectivity index (χ2v) is 4.98. The Morgan fingerprint density at radius 1 is 1.53 bits per heavy atom. The lowest BCUT2D eigenvalue weighted by atomic mass is 9.93. The Morgan fingerprint density at radius 2 is 2.24 bits per heavy atom. The molecule has 0 aliphatic carbocycles. The normalized spacial score (nSPS) is 11.5. The number of nitrogens with two attached hydrogens (primary N) is 1. The Balaban J connectivity index is 2.58. The summed E-state index contributed by atoms with van der Waals surface area (Å²) in [6.07, 6.45) is 3.47. The zero-order chi connectivity index (χ0) is 12.9. The van der Waals surface area contributed by atoms with Gasteiger partial charge in [-0.1, -0.05) is 13.8 Å². The molecule has 0 aliphatic heterocycles. The average molecular weight is 238 g/mol. The molecule has 1 aromatic heterocycles. The molecule has 0 bridgehead atoms. The number of carbonyl (C=O) groups is 1. The number of aromatic nitrogens is 2. The maximum atomic E-state index is 12.1. The Bertz CT molecular complexity index is 345. The van der Waals surface area contributed by atoms with Crippen molar-refractivity contribution in [2.24, 2.45) is 11.1 Å². The van der Waals surface area contributed by atoms with Crippen LogP contribution in [-0.2, 0) is 11.3 Å². The molecule has 0 unspecified atom stereocenters. The predicted octanol–water partition coefficient (Wildman–Crippen LogP) is 0.717. The Morgan fingerprint density at radius 3 is 2.71 bits per heavy atom. The second-order valence-electron chi connectivity index (χ2n) is 4.98. The summed E-state index contributed by atoms with van der Waals surface area (Å²) in [5, 5.41) is 4.03. The molecule has 1 amide bonds. The third kappa shape index (κ3) is 4.19. The molecule has 0 spiro atoms. The molecule has 5 nitrogen and oxygen atoms in total. The van der Waals surface area contributed by atoms with E-state index in [9.17, 15) is 4.79 Å². The number of nitrogens with zero attached hydrogens (tertiary/aromatic N) is 3. The first-order chi connectivity index (χ1) is 7.98. The monoisotopic (exact) mass is 238 g/mol. The van der Waals surface area contributed by atoms with E-state index in [2.05, 4.69) is 18.9 Å². The number of hydrogen-bond donors (Lipinski definition) is 1. The van der Waals surface area contributed by atoms with E-state index >= 15 is 0 Å². The van der Waals surface area contributed by atoms with Crippen LogP contribution in [0.15, 0.2) is 18.5 Å². The van der Waals surface area contributed by atoms with Gasteiger partial charge in [-0.15, -0.1) is 0 Å². The van der Waals surface area contributed by atoms with E-state index in [1.807, 2.05) is 17.9 Å². The van der Waals surface area contributed by atoms with E-state index in [0.717, 1.165) is 0 Å². The molecule has 0 saturated carbocycles. The highest BCUT2D eigenvalue weighted by Gasteiger charge is 2.22. The molecule has 0 saturated heterocycles. The topological polar surface area (TPSA) is 64.2 Å². The Kier molecular flexibility index (Phi) is 4.69. The fourth-order valence-electron chi connectivity index (χ4n) is 1.59. The van der Waals surface area contributed by atoms with Gasteiger partial charge in [-0.25, -0.2) is 0 Å². The smallest absolute Gasteiger partial charge is 0.244 e. The number of rotatable bonds is 6. The van der Waals surface area contributed by atoms with Gasteiger partial charge in [-0.3, -0.25) is 9.48 Å². The van der Waals surface area contributed by atoms with Crippen LogP contribution in [0.5, 0.6) is 0 Å².